The Kier molecular flexibility index (Phi) is 2.16. The third kappa shape index (κ3) is 1.50. The van der Waals surface area contributed by atoms with Crippen LogP contribution < -0.4 is 5.32 Å². The van der Waals surface area contributed by atoms with E-state index >= 15 is 0 Å². The van der Waals surface area contributed by atoms with Gasteiger partial charge in [0.2, 0.25) is 0 Å². The summed E-state index contributed by atoms with van der Waals surface area (Å²) < 4.78 is 0. The molecule has 13 heavy (non-hydrogen) atoms. The van der Waals surface area contributed by atoms with Crippen LogP contribution in [0.5, 0.6) is 0 Å². The van der Waals surface area contributed by atoms with Crippen molar-refractivity contribution in [2.45, 2.75) is 63.7 Å². The zero-order chi connectivity index (χ0) is 9.64. The van der Waals surface area contributed by atoms with Crippen LogP contribution in [0.4, 0.5) is 0 Å². The molecular weight excluding hydrogens is 160 g/mol. The summed E-state index contributed by atoms with van der Waals surface area (Å²) in [5.74, 6) is 0. The zero-order valence-electron chi connectivity index (χ0n) is 9.30. The SMILES string of the molecule is CNC1CC2CC(C1)N2C(C)(C)C. The van der Waals surface area contributed by atoms with E-state index in [9.17, 15) is 0 Å². The lowest BCUT2D eigenvalue weighted by Crippen LogP contribution is -2.68. The summed E-state index contributed by atoms with van der Waals surface area (Å²) >= 11 is 0. The molecule has 2 unspecified atom stereocenters. The second-order valence-electron chi connectivity index (χ2n) is 5.58. The van der Waals surface area contributed by atoms with Crippen molar-refractivity contribution in [1.82, 2.24) is 10.2 Å². The topological polar surface area (TPSA) is 15.3 Å². The van der Waals surface area contributed by atoms with E-state index in [-0.39, 0.29) is 0 Å². The van der Waals surface area contributed by atoms with Gasteiger partial charge in [-0.25, -0.2) is 0 Å². The predicted octanol–water partition coefficient (Wildman–Crippen LogP) is 1.61. The molecule has 76 valence electrons. The summed E-state index contributed by atoms with van der Waals surface area (Å²) in [6.45, 7) is 7.02. The van der Waals surface area contributed by atoms with Crippen LogP contribution in [0.25, 0.3) is 0 Å². The van der Waals surface area contributed by atoms with Gasteiger partial charge in [0.1, 0.15) is 0 Å². The van der Waals surface area contributed by atoms with Gasteiger partial charge in [-0.1, -0.05) is 0 Å². The highest BCUT2D eigenvalue weighted by atomic mass is 15.3. The number of fused-ring (bicyclic) bond motifs is 2. The molecule has 2 aliphatic heterocycles. The number of hydrogen-bond donors (Lipinski definition) is 1. The van der Waals surface area contributed by atoms with Crippen molar-refractivity contribution in [3.05, 3.63) is 0 Å². The maximum atomic E-state index is 3.41. The minimum absolute atomic E-state index is 0.381. The predicted molar refractivity (Wildman–Crippen MR) is 55.9 cm³/mol. The van der Waals surface area contributed by atoms with Crippen molar-refractivity contribution >= 4 is 0 Å². The van der Waals surface area contributed by atoms with E-state index < -0.39 is 0 Å². The zero-order valence-corrected chi connectivity index (χ0v) is 9.30. The monoisotopic (exact) mass is 182 g/mol. The highest BCUT2D eigenvalue weighted by Crippen LogP contribution is 2.42. The maximum absolute atomic E-state index is 3.41. The summed E-state index contributed by atoms with van der Waals surface area (Å²) in [4.78, 5) is 2.71. The van der Waals surface area contributed by atoms with Crippen LogP contribution >= 0.6 is 0 Å². The lowest BCUT2D eigenvalue weighted by molar-refractivity contribution is -0.0988. The molecule has 2 bridgehead atoms. The molecular formula is C11H22N2. The molecule has 1 saturated carbocycles. The molecule has 2 nitrogen and oxygen atoms in total. The minimum Gasteiger partial charge on any atom is -0.317 e. The van der Waals surface area contributed by atoms with Crippen molar-refractivity contribution in [1.29, 1.82) is 0 Å². The number of nitrogens with zero attached hydrogens (tertiary/aromatic N) is 1. The van der Waals surface area contributed by atoms with Crippen LogP contribution in [-0.2, 0) is 0 Å². The molecule has 3 rings (SSSR count). The molecule has 3 fully saturated rings. The van der Waals surface area contributed by atoms with Crippen LogP contribution in [0.15, 0.2) is 0 Å². The molecule has 0 aromatic rings. The normalized spacial score (nSPS) is 40.2. The summed E-state index contributed by atoms with van der Waals surface area (Å²) in [5.41, 5.74) is 0.381. The Morgan fingerprint density at radius 3 is 2.00 bits per heavy atom. The van der Waals surface area contributed by atoms with Crippen LogP contribution in [-0.4, -0.2) is 35.6 Å². The summed E-state index contributed by atoms with van der Waals surface area (Å²) in [7, 11) is 2.09. The molecule has 2 heteroatoms. The highest BCUT2D eigenvalue weighted by molar-refractivity contribution is 5.05. The van der Waals surface area contributed by atoms with Gasteiger partial charge in [-0.3, -0.25) is 4.90 Å². The average Bonchev–Trinajstić information content (AvgIpc) is 2.01. The number of hydrogen-bond acceptors (Lipinski definition) is 2. The van der Waals surface area contributed by atoms with Crippen LogP contribution in [0.2, 0.25) is 0 Å². The van der Waals surface area contributed by atoms with Gasteiger partial charge in [-0.2, -0.15) is 0 Å². The lowest BCUT2D eigenvalue weighted by atomic mass is 9.74. The van der Waals surface area contributed by atoms with E-state index in [1.54, 1.807) is 0 Å². The fraction of sp³-hybridized carbons (Fsp3) is 1.00. The van der Waals surface area contributed by atoms with Crippen LogP contribution in [0.3, 0.4) is 0 Å². The first-order valence-electron chi connectivity index (χ1n) is 5.48. The fourth-order valence-corrected chi connectivity index (χ4v) is 3.21. The van der Waals surface area contributed by atoms with Gasteiger partial charge < -0.3 is 5.32 Å². The fourth-order valence-electron chi connectivity index (χ4n) is 3.21. The second kappa shape index (κ2) is 2.96. The molecule has 0 radical (unpaired) electrons. The van der Waals surface area contributed by atoms with E-state index in [0.29, 0.717) is 5.54 Å². The third-order valence-electron chi connectivity index (χ3n) is 3.63. The molecule has 3 aliphatic rings. The van der Waals surface area contributed by atoms with Crippen molar-refractivity contribution in [2.75, 3.05) is 7.05 Å². The van der Waals surface area contributed by atoms with Gasteiger partial charge in [0, 0.05) is 23.7 Å². The molecule has 2 saturated heterocycles. The molecule has 2 heterocycles. The number of rotatable bonds is 1. The lowest BCUT2D eigenvalue weighted by Gasteiger charge is -2.60. The van der Waals surface area contributed by atoms with Gasteiger partial charge in [-0.05, 0) is 47.1 Å². The van der Waals surface area contributed by atoms with E-state index in [1.165, 1.54) is 19.3 Å². The first kappa shape index (κ1) is 9.47. The standard InChI is InChI=1S/C11H22N2/c1-11(2,3)13-9-5-8(12-4)6-10(13)7-9/h8-10,12H,5-7H2,1-4H3. The maximum Gasteiger partial charge on any atom is 0.0133 e. The first-order valence-corrected chi connectivity index (χ1v) is 5.48. The number of nitrogens with one attached hydrogen (secondary N) is 1. The Bertz CT molecular complexity index is 183. The minimum atomic E-state index is 0.381. The average molecular weight is 182 g/mol. The van der Waals surface area contributed by atoms with Crippen molar-refractivity contribution in [3.63, 3.8) is 0 Å². The Morgan fingerprint density at radius 2 is 1.62 bits per heavy atom. The third-order valence-corrected chi connectivity index (χ3v) is 3.63. The summed E-state index contributed by atoms with van der Waals surface area (Å²) in [6, 6.07) is 2.50. The smallest absolute Gasteiger partial charge is 0.0133 e. The van der Waals surface area contributed by atoms with Crippen LogP contribution in [0.1, 0.15) is 40.0 Å². The molecule has 0 aromatic carbocycles. The number of piperidine rings is 1. The molecule has 1 aliphatic carbocycles. The van der Waals surface area contributed by atoms with Gasteiger partial charge in [0.15, 0.2) is 0 Å². The Hall–Kier alpha value is -0.0800. The van der Waals surface area contributed by atoms with E-state index in [4.69, 9.17) is 0 Å². The van der Waals surface area contributed by atoms with Crippen molar-refractivity contribution < 1.29 is 0 Å². The van der Waals surface area contributed by atoms with Crippen molar-refractivity contribution in [2.24, 2.45) is 0 Å². The van der Waals surface area contributed by atoms with E-state index in [0.717, 1.165) is 18.1 Å². The Balaban J connectivity index is 2.00. The summed E-state index contributed by atoms with van der Waals surface area (Å²) in [5, 5.41) is 3.41. The summed E-state index contributed by atoms with van der Waals surface area (Å²) in [6.07, 6.45) is 4.14. The molecule has 0 aromatic heterocycles. The molecule has 0 spiro atoms. The van der Waals surface area contributed by atoms with E-state index in [1.807, 2.05) is 0 Å². The van der Waals surface area contributed by atoms with Gasteiger partial charge in [0.05, 0.1) is 0 Å². The van der Waals surface area contributed by atoms with Crippen molar-refractivity contribution in [3.8, 4) is 0 Å². The van der Waals surface area contributed by atoms with Gasteiger partial charge in [-0.15, -0.1) is 0 Å². The quantitative estimate of drug-likeness (QED) is 0.663. The highest BCUT2D eigenvalue weighted by Gasteiger charge is 2.48. The largest absolute Gasteiger partial charge is 0.317 e. The Labute approximate surface area is 81.7 Å². The molecule has 2 atom stereocenters. The van der Waals surface area contributed by atoms with Gasteiger partial charge >= 0.3 is 0 Å². The van der Waals surface area contributed by atoms with Gasteiger partial charge in [0.25, 0.3) is 0 Å². The Morgan fingerprint density at radius 1 is 1.08 bits per heavy atom. The molecule has 1 N–H and O–H groups in total. The second-order valence-corrected chi connectivity index (χ2v) is 5.58. The van der Waals surface area contributed by atoms with E-state index in [2.05, 4.69) is 38.0 Å². The molecule has 0 amide bonds. The van der Waals surface area contributed by atoms with Crippen LogP contribution in [0, 0.1) is 0 Å². The first-order chi connectivity index (χ1) is 6.02.